The molecule has 1 heterocycles. The minimum Gasteiger partial charge on any atom is -0.493 e. The van der Waals surface area contributed by atoms with Gasteiger partial charge in [-0.3, -0.25) is 4.79 Å². The number of carbonyl (C=O) groups is 1. The Bertz CT molecular complexity index is 936. The van der Waals surface area contributed by atoms with Gasteiger partial charge in [0.25, 0.3) is 0 Å². The third-order valence-corrected chi connectivity index (χ3v) is 3.70. The molecule has 0 bridgehead atoms. The Hall–Kier alpha value is -2.93. The van der Waals surface area contributed by atoms with Crippen LogP contribution in [0.2, 0.25) is 5.02 Å². The van der Waals surface area contributed by atoms with Gasteiger partial charge in [-0.2, -0.15) is 0 Å². The van der Waals surface area contributed by atoms with E-state index in [4.69, 9.17) is 22.1 Å². The van der Waals surface area contributed by atoms with E-state index in [-0.39, 0.29) is 18.1 Å². The molecule has 0 aliphatic carbocycles. The highest BCUT2D eigenvalue weighted by atomic mass is 35.5. The van der Waals surface area contributed by atoms with Crippen LogP contribution in [0.5, 0.6) is 5.75 Å². The fraction of sp³-hybridized carbons (Fsp3) is 0.118. The molecule has 0 spiro atoms. The number of carbonyl (C=O) groups excluding carboxylic acids is 1. The van der Waals surface area contributed by atoms with E-state index in [0.29, 0.717) is 28.2 Å². The number of hydrogen-bond donors (Lipinski definition) is 2. The number of rotatable bonds is 6. The van der Waals surface area contributed by atoms with Gasteiger partial charge in [-0.05, 0) is 36.4 Å². The molecule has 1 aromatic heterocycles. The highest BCUT2D eigenvalue weighted by Crippen LogP contribution is 2.28. The van der Waals surface area contributed by atoms with Gasteiger partial charge in [-0.1, -0.05) is 11.6 Å². The first-order chi connectivity index (χ1) is 12.0. The molecule has 0 aliphatic heterocycles. The second kappa shape index (κ2) is 7.31. The van der Waals surface area contributed by atoms with Crippen molar-refractivity contribution in [2.24, 2.45) is 5.73 Å². The van der Waals surface area contributed by atoms with Crippen molar-refractivity contribution in [2.75, 3.05) is 11.9 Å². The third kappa shape index (κ3) is 4.13. The van der Waals surface area contributed by atoms with E-state index in [1.54, 1.807) is 24.3 Å². The van der Waals surface area contributed by atoms with Gasteiger partial charge in [-0.15, -0.1) is 0 Å². The smallest absolute Gasteiger partial charge is 0.220 e. The Balaban J connectivity index is 1.88. The summed E-state index contributed by atoms with van der Waals surface area (Å²) in [5.74, 6) is 0.154. The molecule has 0 saturated heterocycles. The summed E-state index contributed by atoms with van der Waals surface area (Å²) in [4.78, 5) is 19.2. The Kier molecular flexibility index (Phi) is 4.95. The minimum absolute atomic E-state index is 0.0128. The molecule has 2 aromatic carbocycles. The largest absolute Gasteiger partial charge is 0.493 e. The highest BCUT2D eigenvalue weighted by Gasteiger charge is 2.08. The zero-order chi connectivity index (χ0) is 17.8. The summed E-state index contributed by atoms with van der Waals surface area (Å²) in [5, 5.41) is 3.81. The molecule has 8 heteroatoms. The molecule has 0 aliphatic rings. The van der Waals surface area contributed by atoms with Crippen molar-refractivity contribution >= 4 is 39.9 Å². The van der Waals surface area contributed by atoms with Crippen molar-refractivity contribution in [3.8, 4) is 5.75 Å². The number of anilines is 2. The zero-order valence-electron chi connectivity index (χ0n) is 13.0. The first kappa shape index (κ1) is 16.9. The average molecular weight is 361 g/mol. The summed E-state index contributed by atoms with van der Waals surface area (Å²) in [5.41, 5.74) is 6.38. The molecule has 3 rings (SSSR count). The van der Waals surface area contributed by atoms with E-state index in [9.17, 15) is 9.18 Å². The summed E-state index contributed by atoms with van der Waals surface area (Å²) in [6, 6.07) is 9.57. The molecule has 0 saturated carbocycles. The number of nitrogens with one attached hydrogen (secondary N) is 1. The van der Waals surface area contributed by atoms with Crippen LogP contribution in [0.1, 0.15) is 6.42 Å². The molecule has 0 unspecified atom stereocenters. The predicted molar refractivity (Wildman–Crippen MR) is 93.5 cm³/mol. The van der Waals surface area contributed by atoms with Gasteiger partial charge in [0.15, 0.2) is 0 Å². The Morgan fingerprint density at radius 1 is 1.24 bits per heavy atom. The highest BCUT2D eigenvalue weighted by molar-refractivity contribution is 6.31. The third-order valence-electron chi connectivity index (χ3n) is 3.41. The van der Waals surface area contributed by atoms with Crippen LogP contribution in [-0.4, -0.2) is 22.5 Å². The maximum atomic E-state index is 13.3. The predicted octanol–water partition coefficient (Wildman–Crippen LogP) is 3.42. The molecule has 25 heavy (non-hydrogen) atoms. The van der Waals surface area contributed by atoms with E-state index >= 15 is 0 Å². The number of benzene rings is 2. The lowest BCUT2D eigenvalue weighted by Gasteiger charge is -2.11. The molecular formula is C17H14ClFN4O2. The van der Waals surface area contributed by atoms with Gasteiger partial charge in [0, 0.05) is 11.1 Å². The van der Waals surface area contributed by atoms with Crippen LogP contribution in [-0.2, 0) is 4.79 Å². The molecule has 1 amide bonds. The van der Waals surface area contributed by atoms with Crippen molar-refractivity contribution in [3.05, 3.63) is 53.6 Å². The molecule has 0 radical (unpaired) electrons. The topological polar surface area (TPSA) is 90.1 Å². The molecule has 3 N–H and O–H groups in total. The number of ether oxygens (including phenoxy) is 1. The second-order valence-electron chi connectivity index (χ2n) is 5.22. The molecule has 128 valence electrons. The number of fused-ring (bicyclic) bond motifs is 1. The van der Waals surface area contributed by atoms with Gasteiger partial charge in [0.2, 0.25) is 5.91 Å². The summed E-state index contributed by atoms with van der Waals surface area (Å²) in [6.07, 6.45) is 1.55. The zero-order valence-corrected chi connectivity index (χ0v) is 13.8. The summed E-state index contributed by atoms with van der Waals surface area (Å²) in [7, 11) is 0. The standard InChI is InChI=1S/C17H14ClFN4O2/c18-13-7-10(1-3-14(13)19)23-17-12-8-11(25-6-5-16(20)24)2-4-15(12)21-9-22-17/h1-4,7-9H,5-6H2,(H2,20,24)(H,21,22,23). The maximum Gasteiger partial charge on any atom is 0.220 e. The quantitative estimate of drug-likeness (QED) is 0.703. The first-order valence-electron chi connectivity index (χ1n) is 7.41. The van der Waals surface area contributed by atoms with Crippen LogP contribution in [0.3, 0.4) is 0 Å². The molecular weight excluding hydrogens is 347 g/mol. The Labute approximate surface area is 147 Å². The number of amides is 1. The number of hydrogen-bond acceptors (Lipinski definition) is 5. The summed E-state index contributed by atoms with van der Waals surface area (Å²) in [6.45, 7) is 0.185. The minimum atomic E-state index is -0.495. The van der Waals surface area contributed by atoms with Crippen LogP contribution in [0.25, 0.3) is 10.9 Å². The average Bonchev–Trinajstić information content (AvgIpc) is 2.58. The van der Waals surface area contributed by atoms with Crippen LogP contribution in [0, 0.1) is 5.82 Å². The SMILES string of the molecule is NC(=O)CCOc1ccc2ncnc(Nc3ccc(F)c(Cl)c3)c2c1. The number of halogens is 2. The van der Waals surface area contributed by atoms with E-state index in [0.717, 1.165) is 0 Å². The Morgan fingerprint density at radius 2 is 2.08 bits per heavy atom. The number of nitrogens with zero attached hydrogens (tertiary/aromatic N) is 2. The molecule has 6 nitrogen and oxygen atoms in total. The first-order valence-corrected chi connectivity index (χ1v) is 7.78. The lowest BCUT2D eigenvalue weighted by atomic mass is 10.2. The van der Waals surface area contributed by atoms with E-state index < -0.39 is 11.7 Å². The van der Waals surface area contributed by atoms with Crippen molar-refractivity contribution in [3.63, 3.8) is 0 Å². The van der Waals surface area contributed by atoms with Gasteiger partial charge in [-0.25, -0.2) is 14.4 Å². The Morgan fingerprint density at radius 3 is 2.84 bits per heavy atom. The van der Waals surface area contributed by atoms with E-state index in [1.807, 2.05) is 0 Å². The second-order valence-corrected chi connectivity index (χ2v) is 5.63. The number of primary amides is 1. The van der Waals surface area contributed by atoms with E-state index in [2.05, 4.69) is 15.3 Å². The monoisotopic (exact) mass is 360 g/mol. The lowest BCUT2D eigenvalue weighted by Crippen LogP contribution is -2.14. The van der Waals surface area contributed by atoms with Crippen molar-refractivity contribution < 1.29 is 13.9 Å². The van der Waals surface area contributed by atoms with Crippen molar-refractivity contribution in [2.45, 2.75) is 6.42 Å². The summed E-state index contributed by atoms with van der Waals surface area (Å²) < 4.78 is 18.8. The lowest BCUT2D eigenvalue weighted by molar-refractivity contribution is -0.118. The number of aromatic nitrogens is 2. The van der Waals surface area contributed by atoms with Crippen LogP contribution < -0.4 is 15.8 Å². The number of nitrogens with two attached hydrogens (primary N) is 1. The van der Waals surface area contributed by atoms with Crippen molar-refractivity contribution in [1.29, 1.82) is 0 Å². The van der Waals surface area contributed by atoms with Crippen LogP contribution >= 0.6 is 11.6 Å². The molecule has 0 fully saturated rings. The fourth-order valence-corrected chi connectivity index (χ4v) is 2.39. The molecule has 0 atom stereocenters. The maximum absolute atomic E-state index is 13.3. The van der Waals surface area contributed by atoms with Crippen LogP contribution in [0.4, 0.5) is 15.9 Å². The van der Waals surface area contributed by atoms with Gasteiger partial charge < -0.3 is 15.8 Å². The normalized spacial score (nSPS) is 10.6. The van der Waals surface area contributed by atoms with Crippen LogP contribution in [0.15, 0.2) is 42.7 Å². The van der Waals surface area contributed by atoms with Crippen molar-refractivity contribution in [1.82, 2.24) is 9.97 Å². The van der Waals surface area contributed by atoms with E-state index in [1.165, 1.54) is 18.5 Å². The molecule has 3 aromatic rings. The van der Waals surface area contributed by atoms with Gasteiger partial charge in [0.1, 0.15) is 23.7 Å². The fourth-order valence-electron chi connectivity index (χ4n) is 2.21. The summed E-state index contributed by atoms with van der Waals surface area (Å²) >= 11 is 5.80. The van der Waals surface area contributed by atoms with Gasteiger partial charge >= 0.3 is 0 Å². The van der Waals surface area contributed by atoms with Gasteiger partial charge in [0.05, 0.1) is 23.6 Å².